The van der Waals surface area contributed by atoms with Crippen molar-refractivity contribution in [1.29, 1.82) is 0 Å². The number of hydrogen-bond acceptors (Lipinski definition) is 4. The van der Waals surface area contributed by atoms with Gasteiger partial charge < -0.3 is 0 Å². The third kappa shape index (κ3) is 3.37. The maximum atomic E-state index is 5.72. The maximum absolute atomic E-state index is 5.72. The molecule has 0 spiro atoms. The Labute approximate surface area is 118 Å². The maximum Gasteiger partial charge on any atom is 0.0492 e. The summed E-state index contributed by atoms with van der Waals surface area (Å²) < 4.78 is 1.91. The zero-order valence-electron chi connectivity index (χ0n) is 11.3. The van der Waals surface area contributed by atoms with Crippen molar-refractivity contribution in [2.45, 2.75) is 23.8 Å². The Hall–Kier alpha value is -1.30. The van der Waals surface area contributed by atoms with Crippen LogP contribution in [0.15, 0.2) is 41.4 Å². The molecule has 2 aromatic rings. The van der Waals surface area contributed by atoms with E-state index in [0.29, 0.717) is 0 Å². The molecule has 3 N–H and O–H groups in total. The monoisotopic (exact) mass is 276 g/mol. The lowest BCUT2D eigenvalue weighted by Gasteiger charge is -2.19. The molecule has 102 valence electrons. The van der Waals surface area contributed by atoms with E-state index in [1.807, 2.05) is 24.0 Å². The molecule has 0 amide bonds. The topological polar surface area (TPSA) is 55.9 Å². The number of hydrazine groups is 1. The molecule has 1 atom stereocenters. The summed E-state index contributed by atoms with van der Waals surface area (Å²) >= 11 is 1.75. The van der Waals surface area contributed by atoms with Crippen LogP contribution in [-0.4, -0.2) is 16.0 Å². The number of benzene rings is 1. The van der Waals surface area contributed by atoms with Crippen molar-refractivity contribution in [1.82, 2.24) is 15.2 Å². The Morgan fingerprint density at radius 2 is 2.16 bits per heavy atom. The molecule has 2 rings (SSSR count). The highest BCUT2D eigenvalue weighted by Crippen LogP contribution is 2.27. The number of thioether (sulfide) groups is 1. The van der Waals surface area contributed by atoms with Gasteiger partial charge in [0, 0.05) is 29.9 Å². The summed E-state index contributed by atoms with van der Waals surface area (Å²) in [5, 5.41) is 4.19. The van der Waals surface area contributed by atoms with Gasteiger partial charge in [-0.1, -0.05) is 18.2 Å². The molecular weight excluding hydrogens is 256 g/mol. The van der Waals surface area contributed by atoms with Crippen LogP contribution in [0.3, 0.4) is 0 Å². The minimum absolute atomic E-state index is 0.165. The third-order valence-electron chi connectivity index (χ3n) is 3.33. The van der Waals surface area contributed by atoms with Gasteiger partial charge >= 0.3 is 0 Å². The fourth-order valence-electron chi connectivity index (χ4n) is 2.22. The molecule has 0 saturated carbocycles. The van der Waals surface area contributed by atoms with Gasteiger partial charge in [-0.3, -0.25) is 16.0 Å². The second-order valence-corrected chi connectivity index (χ2v) is 5.29. The number of rotatable bonds is 6. The van der Waals surface area contributed by atoms with Crippen molar-refractivity contribution < 1.29 is 0 Å². The predicted octanol–water partition coefficient (Wildman–Crippen LogP) is 2.28. The minimum Gasteiger partial charge on any atom is -0.273 e. The van der Waals surface area contributed by atoms with Gasteiger partial charge in [-0.05, 0) is 36.8 Å². The van der Waals surface area contributed by atoms with Crippen LogP contribution in [-0.2, 0) is 13.5 Å². The summed E-state index contributed by atoms with van der Waals surface area (Å²) in [4.78, 5) is 1.27. The second-order valence-electron chi connectivity index (χ2n) is 4.45. The van der Waals surface area contributed by atoms with Gasteiger partial charge in [0.1, 0.15) is 0 Å². The van der Waals surface area contributed by atoms with E-state index < -0.39 is 0 Å². The highest BCUT2D eigenvalue weighted by molar-refractivity contribution is 7.98. The van der Waals surface area contributed by atoms with E-state index in [2.05, 4.69) is 41.0 Å². The Bertz CT molecular complexity index is 524. The van der Waals surface area contributed by atoms with E-state index >= 15 is 0 Å². The molecule has 1 heterocycles. The smallest absolute Gasteiger partial charge is 0.0492 e. The van der Waals surface area contributed by atoms with Gasteiger partial charge in [-0.15, -0.1) is 11.8 Å². The number of aryl methyl sites for hydroxylation is 2. The molecule has 5 heteroatoms. The average molecular weight is 276 g/mol. The van der Waals surface area contributed by atoms with Crippen molar-refractivity contribution >= 4 is 11.8 Å². The summed E-state index contributed by atoms with van der Waals surface area (Å²) in [5.74, 6) is 5.72. The Kier molecular flexibility index (Phi) is 5.01. The molecule has 0 aliphatic rings. The van der Waals surface area contributed by atoms with E-state index in [-0.39, 0.29) is 6.04 Å². The van der Waals surface area contributed by atoms with E-state index in [4.69, 9.17) is 5.84 Å². The zero-order valence-corrected chi connectivity index (χ0v) is 12.2. The zero-order chi connectivity index (χ0) is 13.7. The largest absolute Gasteiger partial charge is 0.273 e. The molecule has 1 unspecified atom stereocenters. The Morgan fingerprint density at radius 1 is 1.37 bits per heavy atom. The van der Waals surface area contributed by atoms with E-state index in [1.54, 1.807) is 11.8 Å². The average Bonchev–Trinajstić information content (AvgIpc) is 2.85. The lowest BCUT2D eigenvalue weighted by Crippen LogP contribution is -2.29. The van der Waals surface area contributed by atoms with Crippen LogP contribution in [0, 0.1) is 0 Å². The fraction of sp³-hybridized carbons (Fsp3) is 0.357. The molecule has 0 saturated heterocycles. The van der Waals surface area contributed by atoms with E-state index in [0.717, 1.165) is 12.8 Å². The number of aromatic nitrogens is 2. The highest BCUT2D eigenvalue weighted by atomic mass is 32.2. The van der Waals surface area contributed by atoms with Gasteiger partial charge in [-0.2, -0.15) is 5.10 Å². The molecule has 0 aliphatic heterocycles. The molecule has 0 bridgehead atoms. The number of nitrogens with two attached hydrogens (primary N) is 1. The lowest BCUT2D eigenvalue weighted by molar-refractivity contribution is 0.500. The lowest BCUT2D eigenvalue weighted by atomic mass is 10.0. The first-order chi connectivity index (χ1) is 9.26. The first-order valence-electron chi connectivity index (χ1n) is 6.32. The van der Waals surface area contributed by atoms with Crippen molar-refractivity contribution in [3.63, 3.8) is 0 Å². The summed E-state index contributed by atoms with van der Waals surface area (Å²) in [6.45, 7) is 0. The second kappa shape index (κ2) is 6.75. The minimum atomic E-state index is 0.165. The normalized spacial score (nSPS) is 12.6. The predicted molar refractivity (Wildman–Crippen MR) is 79.8 cm³/mol. The summed E-state index contributed by atoms with van der Waals surface area (Å²) in [6, 6.07) is 10.6. The number of nitrogens with zero attached hydrogens (tertiary/aromatic N) is 2. The van der Waals surface area contributed by atoms with Gasteiger partial charge in [0.05, 0.1) is 0 Å². The van der Waals surface area contributed by atoms with E-state index in [1.165, 1.54) is 16.2 Å². The Balaban J connectivity index is 2.10. The Morgan fingerprint density at radius 3 is 2.79 bits per heavy atom. The quantitative estimate of drug-likeness (QED) is 0.483. The molecule has 1 aromatic carbocycles. The summed E-state index contributed by atoms with van der Waals surface area (Å²) in [7, 11) is 1.97. The van der Waals surface area contributed by atoms with Crippen LogP contribution in [0.25, 0.3) is 0 Å². The van der Waals surface area contributed by atoms with Crippen LogP contribution < -0.4 is 11.3 Å². The molecule has 1 aromatic heterocycles. The van der Waals surface area contributed by atoms with Crippen LogP contribution in [0.4, 0.5) is 0 Å². The molecule has 0 aliphatic carbocycles. The molecule has 4 nitrogen and oxygen atoms in total. The first-order valence-corrected chi connectivity index (χ1v) is 7.54. The number of hydrogen-bond donors (Lipinski definition) is 2. The molecular formula is C14H20N4S. The third-order valence-corrected chi connectivity index (χ3v) is 4.14. The van der Waals surface area contributed by atoms with Crippen LogP contribution in [0.2, 0.25) is 0 Å². The fourth-order valence-corrected chi connectivity index (χ4v) is 2.88. The highest BCUT2D eigenvalue weighted by Gasteiger charge is 2.14. The summed E-state index contributed by atoms with van der Waals surface area (Å²) in [6.07, 6.45) is 5.82. The van der Waals surface area contributed by atoms with Crippen molar-refractivity contribution in [2.75, 3.05) is 6.26 Å². The molecule has 0 radical (unpaired) electrons. The first kappa shape index (κ1) is 14.1. The number of nitrogens with one attached hydrogen (secondary N) is 1. The molecule has 19 heavy (non-hydrogen) atoms. The van der Waals surface area contributed by atoms with Crippen LogP contribution in [0.5, 0.6) is 0 Å². The molecule has 0 fully saturated rings. The SMILES string of the molecule is CSc1ccccc1C(CCc1ccnn1C)NN. The summed E-state index contributed by atoms with van der Waals surface area (Å²) in [5.41, 5.74) is 5.42. The van der Waals surface area contributed by atoms with Crippen LogP contribution >= 0.6 is 11.8 Å². The van der Waals surface area contributed by atoms with Crippen molar-refractivity contribution in [3.05, 3.63) is 47.8 Å². The van der Waals surface area contributed by atoms with Gasteiger partial charge in [0.2, 0.25) is 0 Å². The van der Waals surface area contributed by atoms with Gasteiger partial charge in [0.25, 0.3) is 0 Å². The van der Waals surface area contributed by atoms with E-state index in [9.17, 15) is 0 Å². The van der Waals surface area contributed by atoms with Crippen molar-refractivity contribution in [2.24, 2.45) is 12.9 Å². The van der Waals surface area contributed by atoms with Crippen LogP contribution in [0.1, 0.15) is 23.7 Å². The van der Waals surface area contributed by atoms with Gasteiger partial charge in [-0.25, -0.2) is 0 Å². The van der Waals surface area contributed by atoms with Gasteiger partial charge in [0.15, 0.2) is 0 Å². The van der Waals surface area contributed by atoms with Crippen molar-refractivity contribution in [3.8, 4) is 0 Å². The standard InChI is InChI=1S/C14H20N4S/c1-18-11(9-10-16-18)7-8-13(17-15)12-5-3-4-6-14(12)19-2/h3-6,9-10,13,17H,7-8,15H2,1-2H3.